The number of nitrogens with zero attached hydrogens (tertiary/aromatic N) is 1. The van der Waals surface area contributed by atoms with Crippen molar-refractivity contribution >= 4 is 11.8 Å². The van der Waals surface area contributed by atoms with Crippen molar-refractivity contribution in [2.24, 2.45) is 0 Å². The van der Waals surface area contributed by atoms with E-state index in [1.165, 1.54) is 0 Å². The number of aliphatic hydroxyl groups excluding tert-OH is 1. The lowest BCUT2D eigenvalue weighted by atomic mass is 9.97. The van der Waals surface area contributed by atoms with Crippen LogP contribution < -0.4 is 5.32 Å². The Morgan fingerprint density at radius 3 is 2.33 bits per heavy atom. The van der Waals surface area contributed by atoms with Gasteiger partial charge in [-0.2, -0.15) is 0 Å². The fourth-order valence-corrected chi connectivity index (χ4v) is 2.46. The Balaban J connectivity index is 2.64. The van der Waals surface area contributed by atoms with Gasteiger partial charge in [0.05, 0.1) is 12.6 Å². The maximum atomic E-state index is 12.1. The number of amides is 2. The molecule has 3 unspecified atom stereocenters. The van der Waals surface area contributed by atoms with Crippen LogP contribution in [0.2, 0.25) is 0 Å². The standard InChI is InChI=1S/C13H24N2O3/c1-4-11(8-16)14-12(17)13(18)15-9(2)6-5-7-10(15)3/h9-11,16H,4-8H2,1-3H3,(H,14,17). The van der Waals surface area contributed by atoms with Gasteiger partial charge < -0.3 is 15.3 Å². The van der Waals surface area contributed by atoms with Gasteiger partial charge in [-0.3, -0.25) is 9.59 Å². The lowest BCUT2D eigenvalue weighted by molar-refractivity contribution is -0.150. The summed E-state index contributed by atoms with van der Waals surface area (Å²) in [7, 11) is 0. The van der Waals surface area contributed by atoms with Crippen molar-refractivity contribution in [3.05, 3.63) is 0 Å². The molecule has 18 heavy (non-hydrogen) atoms. The summed E-state index contributed by atoms with van der Waals surface area (Å²) in [5, 5.41) is 11.6. The summed E-state index contributed by atoms with van der Waals surface area (Å²) in [5.41, 5.74) is 0. The molecule has 5 nitrogen and oxygen atoms in total. The molecule has 0 aliphatic carbocycles. The van der Waals surface area contributed by atoms with E-state index in [-0.39, 0.29) is 24.7 Å². The van der Waals surface area contributed by atoms with Gasteiger partial charge in [0, 0.05) is 12.1 Å². The third-order valence-corrected chi connectivity index (χ3v) is 3.67. The van der Waals surface area contributed by atoms with E-state index in [1.54, 1.807) is 4.90 Å². The predicted molar refractivity (Wildman–Crippen MR) is 68.9 cm³/mol. The first-order valence-electron chi connectivity index (χ1n) is 6.75. The zero-order valence-corrected chi connectivity index (χ0v) is 11.5. The molecule has 2 N–H and O–H groups in total. The molecule has 5 heteroatoms. The van der Waals surface area contributed by atoms with E-state index in [0.717, 1.165) is 19.3 Å². The van der Waals surface area contributed by atoms with Crippen LogP contribution in [0, 0.1) is 0 Å². The Labute approximate surface area is 109 Å². The Kier molecular flexibility index (Phi) is 5.59. The van der Waals surface area contributed by atoms with E-state index in [4.69, 9.17) is 5.11 Å². The SMILES string of the molecule is CCC(CO)NC(=O)C(=O)N1C(C)CCCC1C. The molecule has 0 spiro atoms. The molecule has 0 aromatic heterocycles. The Morgan fingerprint density at radius 2 is 1.89 bits per heavy atom. The van der Waals surface area contributed by atoms with E-state index < -0.39 is 11.8 Å². The van der Waals surface area contributed by atoms with Gasteiger partial charge in [-0.15, -0.1) is 0 Å². The van der Waals surface area contributed by atoms with Crippen LogP contribution in [-0.4, -0.2) is 46.6 Å². The molecule has 0 bridgehead atoms. The fraction of sp³-hybridized carbons (Fsp3) is 0.846. The number of hydrogen-bond donors (Lipinski definition) is 2. The number of nitrogens with one attached hydrogen (secondary N) is 1. The van der Waals surface area contributed by atoms with E-state index in [0.29, 0.717) is 6.42 Å². The summed E-state index contributed by atoms with van der Waals surface area (Å²) < 4.78 is 0. The molecular weight excluding hydrogens is 232 g/mol. The highest BCUT2D eigenvalue weighted by Gasteiger charge is 2.33. The molecule has 2 amide bonds. The van der Waals surface area contributed by atoms with E-state index in [9.17, 15) is 9.59 Å². The van der Waals surface area contributed by atoms with Gasteiger partial charge in [0.1, 0.15) is 0 Å². The van der Waals surface area contributed by atoms with Crippen molar-refractivity contribution in [2.75, 3.05) is 6.61 Å². The van der Waals surface area contributed by atoms with Crippen molar-refractivity contribution in [3.63, 3.8) is 0 Å². The Hall–Kier alpha value is -1.10. The van der Waals surface area contributed by atoms with Crippen LogP contribution in [0.1, 0.15) is 46.5 Å². The number of aliphatic hydroxyl groups is 1. The smallest absolute Gasteiger partial charge is 0.312 e. The number of hydrogen-bond acceptors (Lipinski definition) is 3. The van der Waals surface area contributed by atoms with Crippen LogP contribution >= 0.6 is 0 Å². The van der Waals surface area contributed by atoms with Crippen LogP contribution in [0.25, 0.3) is 0 Å². The lowest BCUT2D eigenvalue weighted by Gasteiger charge is -2.38. The van der Waals surface area contributed by atoms with Crippen molar-refractivity contribution in [3.8, 4) is 0 Å². The molecule has 1 rings (SSSR count). The molecule has 0 saturated carbocycles. The van der Waals surface area contributed by atoms with Crippen LogP contribution in [0.4, 0.5) is 0 Å². The van der Waals surface area contributed by atoms with Crippen LogP contribution in [0.3, 0.4) is 0 Å². The minimum atomic E-state index is -0.600. The van der Waals surface area contributed by atoms with Gasteiger partial charge in [0.2, 0.25) is 0 Å². The van der Waals surface area contributed by atoms with Gasteiger partial charge >= 0.3 is 11.8 Å². The van der Waals surface area contributed by atoms with E-state index in [1.807, 2.05) is 20.8 Å². The van der Waals surface area contributed by atoms with Crippen molar-refractivity contribution in [1.29, 1.82) is 0 Å². The number of piperidine rings is 1. The van der Waals surface area contributed by atoms with E-state index >= 15 is 0 Å². The van der Waals surface area contributed by atoms with Gasteiger partial charge in [-0.25, -0.2) is 0 Å². The average Bonchev–Trinajstić information content (AvgIpc) is 2.35. The van der Waals surface area contributed by atoms with Crippen molar-refractivity contribution < 1.29 is 14.7 Å². The first-order valence-corrected chi connectivity index (χ1v) is 6.75. The van der Waals surface area contributed by atoms with Gasteiger partial charge in [0.25, 0.3) is 0 Å². The molecule has 0 radical (unpaired) electrons. The molecular formula is C13H24N2O3. The normalized spacial score (nSPS) is 25.7. The second-order valence-electron chi connectivity index (χ2n) is 5.10. The number of likely N-dealkylation sites (tertiary alicyclic amines) is 1. The van der Waals surface area contributed by atoms with Crippen LogP contribution in [0.5, 0.6) is 0 Å². The highest BCUT2D eigenvalue weighted by Crippen LogP contribution is 2.22. The number of carbonyl (C=O) groups is 2. The van der Waals surface area contributed by atoms with Gasteiger partial charge in [-0.05, 0) is 39.5 Å². The highest BCUT2D eigenvalue weighted by atomic mass is 16.3. The molecule has 3 atom stereocenters. The third-order valence-electron chi connectivity index (χ3n) is 3.67. The van der Waals surface area contributed by atoms with E-state index in [2.05, 4.69) is 5.32 Å². The average molecular weight is 256 g/mol. The summed E-state index contributed by atoms with van der Waals surface area (Å²) in [6.07, 6.45) is 3.60. The Bertz CT molecular complexity index is 293. The minimum Gasteiger partial charge on any atom is -0.394 e. The summed E-state index contributed by atoms with van der Waals surface area (Å²) in [5.74, 6) is -1.07. The zero-order valence-electron chi connectivity index (χ0n) is 11.5. The van der Waals surface area contributed by atoms with Crippen LogP contribution in [0.15, 0.2) is 0 Å². The summed E-state index contributed by atoms with van der Waals surface area (Å²) in [6, 6.07) is -0.112. The molecule has 1 fully saturated rings. The third kappa shape index (κ3) is 3.45. The summed E-state index contributed by atoms with van der Waals surface area (Å²) in [6.45, 7) is 5.67. The number of carbonyl (C=O) groups excluding carboxylic acids is 2. The first-order chi connectivity index (χ1) is 8.51. The second-order valence-corrected chi connectivity index (χ2v) is 5.10. The first kappa shape index (κ1) is 15.0. The Morgan fingerprint density at radius 1 is 1.33 bits per heavy atom. The van der Waals surface area contributed by atoms with Gasteiger partial charge in [0.15, 0.2) is 0 Å². The minimum absolute atomic E-state index is 0.112. The molecule has 0 aromatic rings. The summed E-state index contributed by atoms with van der Waals surface area (Å²) in [4.78, 5) is 25.6. The highest BCUT2D eigenvalue weighted by molar-refractivity contribution is 6.35. The lowest BCUT2D eigenvalue weighted by Crippen LogP contribution is -2.54. The summed E-state index contributed by atoms with van der Waals surface area (Å²) >= 11 is 0. The molecule has 1 saturated heterocycles. The van der Waals surface area contributed by atoms with Crippen LogP contribution in [-0.2, 0) is 9.59 Å². The maximum Gasteiger partial charge on any atom is 0.312 e. The molecule has 0 aromatic carbocycles. The maximum absolute atomic E-state index is 12.1. The number of rotatable bonds is 3. The quantitative estimate of drug-likeness (QED) is 0.729. The molecule has 1 aliphatic heterocycles. The van der Waals surface area contributed by atoms with Crippen molar-refractivity contribution in [1.82, 2.24) is 10.2 Å². The van der Waals surface area contributed by atoms with Gasteiger partial charge in [-0.1, -0.05) is 6.92 Å². The largest absolute Gasteiger partial charge is 0.394 e. The second kappa shape index (κ2) is 6.73. The molecule has 1 aliphatic rings. The fourth-order valence-electron chi connectivity index (χ4n) is 2.46. The predicted octanol–water partition coefficient (Wildman–Crippen LogP) is 0.663. The molecule has 104 valence electrons. The van der Waals surface area contributed by atoms with Crippen molar-refractivity contribution in [2.45, 2.75) is 64.6 Å². The zero-order chi connectivity index (χ0) is 13.7. The molecule has 1 heterocycles. The monoisotopic (exact) mass is 256 g/mol. The topological polar surface area (TPSA) is 69.6 Å².